The van der Waals surface area contributed by atoms with Crippen molar-refractivity contribution < 1.29 is 0 Å². The van der Waals surface area contributed by atoms with Gasteiger partial charge in [-0.05, 0) is 31.0 Å². The minimum absolute atomic E-state index is 0.737. The molecule has 0 bridgehead atoms. The highest BCUT2D eigenvalue weighted by Gasteiger charge is 2.10. The van der Waals surface area contributed by atoms with Gasteiger partial charge >= 0.3 is 0 Å². The molecule has 0 aromatic heterocycles. The number of rotatable bonds is 1. The third kappa shape index (κ3) is 1.73. The minimum atomic E-state index is 0.737. The lowest BCUT2D eigenvalue weighted by atomic mass is 10.1. The molecule has 0 saturated carbocycles. The van der Waals surface area contributed by atoms with Crippen LogP contribution in [0, 0.1) is 13.8 Å². The largest absolute Gasteiger partial charge is 0.397 e. The summed E-state index contributed by atoms with van der Waals surface area (Å²) < 4.78 is 0. The van der Waals surface area contributed by atoms with Crippen LogP contribution in [-0.2, 0) is 0 Å². The third-order valence-corrected chi connectivity index (χ3v) is 2.57. The van der Waals surface area contributed by atoms with Crippen molar-refractivity contribution in [2.45, 2.75) is 13.8 Å². The van der Waals surface area contributed by atoms with E-state index in [1.807, 2.05) is 38.9 Å². The molecule has 1 rings (SSSR count). The van der Waals surface area contributed by atoms with Crippen molar-refractivity contribution >= 4 is 23.0 Å². The van der Waals surface area contributed by atoms with Gasteiger partial charge in [0.1, 0.15) is 0 Å². The lowest BCUT2D eigenvalue weighted by Crippen LogP contribution is -2.13. The summed E-state index contributed by atoms with van der Waals surface area (Å²) in [6.07, 6.45) is 0. The van der Waals surface area contributed by atoms with Gasteiger partial charge in [0.05, 0.1) is 11.4 Å². The Bertz CT molecular complexity index is 332. The first-order chi connectivity index (χ1) is 5.95. The summed E-state index contributed by atoms with van der Waals surface area (Å²) >= 11 is 6.00. The van der Waals surface area contributed by atoms with E-state index in [1.54, 1.807) is 0 Å². The van der Waals surface area contributed by atoms with Crippen LogP contribution >= 0.6 is 11.6 Å². The monoisotopic (exact) mass is 198 g/mol. The number of benzene rings is 1. The van der Waals surface area contributed by atoms with Crippen LogP contribution in [0.3, 0.4) is 0 Å². The Balaban J connectivity index is 3.44. The van der Waals surface area contributed by atoms with Crippen LogP contribution in [0.4, 0.5) is 11.4 Å². The van der Waals surface area contributed by atoms with Crippen molar-refractivity contribution in [1.29, 1.82) is 0 Å². The first-order valence-electron chi connectivity index (χ1n) is 4.17. The lowest BCUT2D eigenvalue weighted by Gasteiger charge is -2.20. The first-order valence-corrected chi connectivity index (χ1v) is 4.55. The maximum absolute atomic E-state index is 6.00. The normalized spacial score (nSPS) is 10.2. The molecule has 0 radical (unpaired) electrons. The SMILES string of the molecule is Cc1cc(Cl)c(C)c(N)c1N(C)C. The first kappa shape index (κ1) is 10.2. The lowest BCUT2D eigenvalue weighted by molar-refractivity contribution is 1.11. The number of nitrogens with two attached hydrogens (primary N) is 1. The van der Waals surface area contributed by atoms with Crippen LogP contribution in [0.15, 0.2) is 6.07 Å². The molecular weight excluding hydrogens is 184 g/mol. The molecule has 3 heteroatoms. The smallest absolute Gasteiger partial charge is 0.0628 e. The zero-order valence-corrected chi connectivity index (χ0v) is 9.24. The van der Waals surface area contributed by atoms with Gasteiger partial charge in [-0.1, -0.05) is 11.6 Å². The molecule has 0 atom stereocenters. The summed E-state index contributed by atoms with van der Waals surface area (Å²) in [4.78, 5) is 2.01. The van der Waals surface area contributed by atoms with E-state index in [1.165, 1.54) is 0 Å². The standard InChI is InChI=1S/C10H15ClN2/c1-6-5-8(11)7(2)9(12)10(6)13(3)4/h5H,12H2,1-4H3. The highest BCUT2D eigenvalue weighted by molar-refractivity contribution is 6.32. The predicted molar refractivity (Wildman–Crippen MR) is 59.7 cm³/mol. The van der Waals surface area contributed by atoms with Crippen molar-refractivity contribution in [3.05, 3.63) is 22.2 Å². The van der Waals surface area contributed by atoms with E-state index in [4.69, 9.17) is 17.3 Å². The van der Waals surface area contributed by atoms with E-state index >= 15 is 0 Å². The summed E-state index contributed by atoms with van der Waals surface area (Å²) in [6, 6.07) is 1.95. The maximum atomic E-state index is 6.00. The Hall–Kier alpha value is -0.890. The molecule has 0 fully saturated rings. The summed E-state index contributed by atoms with van der Waals surface area (Å²) in [7, 11) is 3.96. The highest BCUT2D eigenvalue weighted by Crippen LogP contribution is 2.33. The Morgan fingerprint density at radius 1 is 1.31 bits per heavy atom. The van der Waals surface area contributed by atoms with Crippen LogP contribution in [0.25, 0.3) is 0 Å². The minimum Gasteiger partial charge on any atom is -0.397 e. The van der Waals surface area contributed by atoms with Crippen LogP contribution in [0.5, 0.6) is 0 Å². The Kier molecular flexibility index (Phi) is 2.71. The van der Waals surface area contributed by atoms with Crippen LogP contribution in [0.2, 0.25) is 5.02 Å². The second kappa shape index (κ2) is 3.46. The number of nitrogen functional groups attached to an aromatic ring is 1. The van der Waals surface area contributed by atoms with Gasteiger partial charge in [-0.25, -0.2) is 0 Å². The van der Waals surface area contributed by atoms with Crippen molar-refractivity contribution in [1.82, 2.24) is 0 Å². The molecule has 1 aromatic rings. The number of anilines is 2. The molecule has 72 valence electrons. The van der Waals surface area contributed by atoms with E-state index in [9.17, 15) is 0 Å². The molecule has 0 spiro atoms. The van der Waals surface area contributed by atoms with Gasteiger partial charge in [-0.2, -0.15) is 0 Å². The summed E-state index contributed by atoms with van der Waals surface area (Å²) in [5.74, 6) is 0. The molecule has 0 unspecified atom stereocenters. The van der Waals surface area contributed by atoms with Gasteiger partial charge in [0, 0.05) is 19.1 Å². The molecule has 2 nitrogen and oxygen atoms in total. The van der Waals surface area contributed by atoms with Gasteiger partial charge in [0.15, 0.2) is 0 Å². The predicted octanol–water partition coefficient (Wildman–Crippen LogP) is 2.61. The Morgan fingerprint density at radius 2 is 1.85 bits per heavy atom. The van der Waals surface area contributed by atoms with E-state index in [-0.39, 0.29) is 0 Å². The molecular formula is C10H15ClN2. The average molecular weight is 199 g/mol. The summed E-state index contributed by atoms with van der Waals surface area (Å²) in [5, 5.41) is 0.737. The topological polar surface area (TPSA) is 29.3 Å². The molecule has 0 aliphatic carbocycles. The molecule has 1 aromatic carbocycles. The molecule has 0 aliphatic heterocycles. The fraction of sp³-hybridized carbons (Fsp3) is 0.400. The molecule has 0 amide bonds. The van der Waals surface area contributed by atoms with Crippen LogP contribution in [-0.4, -0.2) is 14.1 Å². The van der Waals surface area contributed by atoms with Crippen LogP contribution in [0.1, 0.15) is 11.1 Å². The second-order valence-corrected chi connectivity index (χ2v) is 3.86. The van der Waals surface area contributed by atoms with Crippen molar-refractivity contribution in [2.24, 2.45) is 0 Å². The Morgan fingerprint density at radius 3 is 2.31 bits per heavy atom. The second-order valence-electron chi connectivity index (χ2n) is 3.46. The van der Waals surface area contributed by atoms with Crippen molar-refractivity contribution in [2.75, 3.05) is 24.7 Å². The zero-order chi connectivity index (χ0) is 10.2. The molecule has 0 saturated heterocycles. The van der Waals surface area contributed by atoms with Gasteiger partial charge in [-0.3, -0.25) is 0 Å². The quantitative estimate of drug-likeness (QED) is 0.703. The Labute approximate surface area is 84.3 Å². The van der Waals surface area contributed by atoms with Gasteiger partial charge in [0.2, 0.25) is 0 Å². The summed E-state index contributed by atoms with van der Waals surface area (Å²) in [6.45, 7) is 3.95. The fourth-order valence-electron chi connectivity index (χ4n) is 1.48. The third-order valence-electron chi connectivity index (χ3n) is 2.18. The highest BCUT2D eigenvalue weighted by atomic mass is 35.5. The zero-order valence-electron chi connectivity index (χ0n) is 8.48. The van der Waals surface area contributed by atoms with Gasteiger partial charge in [0.25, 0.3) is 0 Å². The molecule has 0 heterocycles. The summed E-state index contributed by atoms with van der Waals surface area (Å²) in [5.41, 5.74) is 9.85. The van der Waals surface area contributed by atoms with E-state index in [2.05, 4.69) is 0 Å². The van der Waals surface area contributed by atoms with E-state index in [0.29, 0.717) is 0 Å². The van der Waals surface area contributed by atoms with E-state index < -0.39 is 0 Å². The van der Waals surface area contributed by atoms with Gasteiger partial charge < -0.3 is 10.6 Å². The van der Waals surface area contributed by atoms with Gasteiger partial charge in [-0.15, -0.1) is 0 Å². The van der Waals surface area contributed by atoms with Crippen molar-refractivity contribution in [3.8, 4) is 0 Å². The molecule has 13 heavy (non-hydrogen) atoms. The molecule has 2 N–H and O–H groups in total. The average Bonchev–Trinajstić information content (AvgIpc) is 1.99. The number of hydrogen-bond donors (Lipinski definition) is 1. The van der Waals surface area contributed by atoms with Crippen molar-refractivity contribution in [3.63, 3.8) is 0 Å². The number of aryl methyl sites for hydroxylation is 1. The van der Waals surface area contributed by atoms with Crippen LogP contribution < -0.4 is 10.6 Å². The number of nitrogens with zero attached hydrogens (tertiary/aromatic N) is 1. The fourth-order valence-corrected chi connectivity index (χ4v) is 1.74. The van der Waals surface area contributed by atoms with E-state index in [0.717, 1.165) is 27.5 Å². The number of hydrogen-bond acceptors (Lipinski definition) is 2. The maximum Gasteiger partial charge on any atom is 0.0628 e. The molecule has 0 aliphatic rings. The number of halogens is 1.